The van der Waals surface area contributed by atoms with Crippen LogP contribution < -0.4 is 5.32 Å². The van der Waals surface area contributed by atoms with E-state index < -0.39 is 26.8 Å². The van der Waals surface area contributed by atoms with Crippen LogP contribution in [0.3, 0.4) is 0 Å². The van der Waals surface area contributed by atoms with Crippen LogP contribution in [0.2, 0.25) is 0 Å². The van der Waals surface area contributed by atoms with Crippen LogP contribution in [0.1, 0.15) is 17.2 Å². The van der Waals surface area contributed by atoms with Gasteiger partial charge in [-0.3, -0.25) is 4.79 Å². The van der Waals surface area contributed by atoms with E-state index in [1.165, 1.54) is 36.4 Å². The predicted octanol–water partition coefficient (Wildman–Crippen LogP) is 4.37. The standard InChI is InChI=1S/C21H18FNO3S/c22-17-13-11-16(12-14-17)20(27(25,26)19-9-5-2-6-10-19)15-21(24)23-18-7-3-1-4-8-18/h1-14,20H,15H2,(H,23,24)/t20-/m1/s1. The van der Waals surface area contributed by atoms with Crippen LogP contribution >= 0.6 is 0 Å². The highest BCUT2D eigenvalue weighted by molar-refractivity contribution is 7.91. The van der Waals surface area contributed by atoms with Gasteiger partial charge in [0, 0.05) is 12.1 Å². The van der Waals surface area contributed by atoms with Crippen molar-refractivity contribution in [3.63, 3.8) is 0 Å². The maximum absolute atomic E-state index is 13.3. The molecule has 0 fully saturated rings. The number of hydrogen-bond acceptors (Lipinski definition) is 3. The van der Waals surface area contributed by atoms with Crippen LogP contribution in [0.5, 0.6) is 0 Å². The monoisotopic (exact) mass is 383 g/mol. The smallest absolute Gasteiger partial charge is 0.226 e. The Labute approximate surface area is 157 Å². The molecule has 0 spiro atoms. The summed E-state index contributed by atoms with van der Waals surface area (Å²) >= 11 is 0. The lowest BCUT2D eigenvalue weighted by Gasteiger charge is -2.18. The van der Waals surface area contributed by atoms with Crippen LogP contribution in [-0.2, 0) is 14.6 Å². The van der Waals surface area contributed by atoms with Gasteiger partial charge in [-0.05, 0) is 42.0 Å². The summed E-state index contributed by atoms with van der Waals surface area (Å²) in [4.78, 5) is 12.6. The molecule has 27 heavy (non-hydrogen) atoms. The van der Waals surface area contributed by atoms with E-state index in [1.54, 1.807) is 42.5 Å². The van der Waals surface area contributed by atoms with Gasteiger partial charge in [0.2, 0.25) is 5.91 Å². The number of anilines is 1. The van der Waals surface area contributed by atoms with Crippen LogP contribution in [0.4, 0.5) is 10.1 Å². The maximum atomic E-state index is 13.3. The topological polar surface area (TPSA) is 63.2 Å². The fraction of sp³-hybridized carbons (Fsp3) is 0.0952. The Morgan fingerprint density at radius 2 is 1.41 bits per heavy atom. The normalized spacial score (nSPS) is 12.3. The third-order valence-corrected chi connectivity index (χ3v) is 6.23. The molecule has 0 saturated carbocycles. The second-order valence-corrected chi connectivity index (χ2v) is 8.15. The van der Waals surface area contributed by atoms with Gasteiger partial charge < -0.3 is 5.32 Å². The highest BCUT2D eigenvalue weighted by Crippen LogP contribution is 2.32. The number of sulfone groups is 1. The quantitative estimate of drug-likeness (QED) is 0.687. The van der Waals surface area contributed by atoms with Gasteiger partial charge in [0.05, 0.1) is 10.1 Å². The summed E-state index contributed by atoms with van der Waals surface area (Å²) in [5.41, 5.74) is 0.945. The zero-order chi connectivity index (χ0) is 19.3. The first-order chi connectivity index (χ1) is 13.0. The third-order valence-electron chi connectivity index (χ3n) is 4.12. The second-order valence-electron chi connectivity index (χ2n) is 6.02. The van der Waals surface area contributed by atoms with E-state index in [2.05, 4.69) is 5.32 Å². The van der Waals surface area contributed by atoms with Crippen molar-refractivity contribution in [3.05, 3.63) is 96.3 Å². The van der Waals surface area contributed by atoms with Crippen molar-refractivity contribution in [2.45, 2.75) is 16.6 Å². The minimum atomic E-state index is -3.84. The number of carbonyl (C=O) groups excluding carboxylic acids is 1. The molecule has 138 valence electrons. The Morgan fingerprint density at radius 1 is 0.852 bits per heavy atom. The average molecular weight is 383 g/mol. The molecule has 6 heteroatoms. The largest absolute Gasteiger partial charge is 0.326 e. The zero-order valence-electron chi connectivity index (χ0n) is 14.4. The highest BCUT2D eigenvalue weighted by Gasteiger charge is 2.31. The van der Waals surface area contributed by atoms with E-state index in [1.807, 2.05) is 6.07 Å². The molecule has 0 aliphatic heterocycles. The lowest BCUT2D eigenvalue weighted by molar-refractivity contribution is -0.116. The van der Waals surface area contributed by atoms with Crippen molar-refractivity contribution in [2.24, 2.45) is 0 Å². The van der Waals surface area contributed by atoms with E-state index in [0.29, 0.717) is 11.3 Å². The van der Waals surface area contributed by atoms with Gasteiger partial charge in [-0.15, -0.1) is 0 Å². The van der Waals surface area contributed by atoms with E-state index in [0.717, 1.165) is 0 Å². The molecule has 0 radical (unpaired) electrons. The molecular weight excluding hydrogens is 365 g/mol. The molecule has 4 nitrogen and oxygen atoms in total. The van der Waals surface area contributed by atoms with E-state index >= 15 is 0 Å². The van der Waals surface area contributed by atoms with Crippen molar-refractivity contribution < 1.29 is 17.6 Å². The van der Waals surface area contributed by atoms with Crippen LogP contribution in [-0.4, -0.2) is 14.3 Å². The fourth-order valence-corrected chi connectivity index (χ4v) is 4.51. The fourth-order valence-electron chi connectivity index (χ4n) is 2.76. The molecule has 0 aliphatic carbocycles. The van der Waals surface area contributed by atoms with E-state index in [9.17, 15) is 17.6 Å². The molecule has 1 amide bonds. The maximum Gasteiger partial charge on any atom is 0.226 e. The molecule has 3 aromatic carbocycles. The summed E-state index contributed by atoms with van der Waals surface area (Å²) in [7, 11) is -3.84. The lowest BCUT2D eigenvalue weighted by Crippen LogP contribution is -2.21. The van der Waals surface area contributed by atoms with Crippen LogP contribution in [0, 0.1) is 5.82 Å². The molecular formula is C21H18FNO3S. The van der Waals surface area contributed by atoms with Gasteiger partial charge in [-0.2, -0.15) is 0 Å². The number of halogens is 1. The Balaban J connectivity index is 1.93. The van der Waals surface area contributed by atoms with E-state index in [4.69, 9.17) is 0 Å². The van der Waals surface area contributed by atoms with Crippen LogP contribution in [0.25, 0.3) is 0 Å². The minimum absolute atomic E-state index is 0.117. The lowest BCUT2D eigenvalue weighted by atomic mass is 10.1. The molecule has 0 aliphatic rings. The van der Waals surface area contributed by atoms with Gasteiger partial charge in [-0.1, -0.05) is 48.5 Å². The average Bonchev–Trinajstić information content (AvgIpc) is 2.68. The molecule has 3 aromatic rings. The number of nitrogens with one attached hydrogen (secondary N) is 1. The Kier molecular flexibility index (Phi) is 5.66. The number of amides is 1. The van der Waals surface area contributed by atoms with Crippen molar-refractivity contribution in [1.82, 2.24) is 0 Å². The van der Waals surface area contributed by atoms with Gasteiger partial charge >= 0.3 is 0 Å². The van der Waals surface area contributed by atoms with E-state index in [-0.39, 0.29) is 11.3 Å². The first kappa shape index (κ1) is 18.8. The number of rotatable bonds is 6. The van der Waals surface area contributed by atoms with Gasteiger partial charge in [0.1, 0.15) is 5.82 Å². The second kappa shape index (κ2) is 8.14. The molecule has 0 unspecified atom stereocenters. The molecule has 1 atom stereocenters. The van der Waals surface area contributed by atoms with Crippen molar-refractivity contribution in [3.8, 4) is 0 Å². The first-order valence-electron chi connectivity index (χ1n) is 8.36. The van der Waals surface area contributed by atoms with Gasteiger partial charge in [-0.25, -0.2) is 12.8 Å². The number of hydrogen-bond donors (Lipinski definition) is 1. The molecule has 0 bridgehead atoms. The summed E-state index contributed by atoms with van der Waals surface area (Å²) in [6, 6.07) is 21.9. The minimum Gasteiger partial charge on any atom is -0.326 e. The zero-order valence-corrected chi connectivity index (χ0v) is 15.2. The summed E-state index contributed by atoms with van der Waals surface area (Å²) < 4.78 is 39.6. The SMILES string of the molecule is O=C(C[C@H](c1ccc(F)cc1)S(=O)(=O)c1ccccc1)Nc1ccccc1. The Bertz CT molecular complexity index is 1000. The van der Waals surface area contributed by atoms with Crippen LogP contribution in [0.15, 0.2) is 89.8 Å². The Morgan fingerprint density at radius 3 is 2.00 bits per heavy atom. The van der Waals surface area contributed by atoms with Crippen molar-refractivity contribution in [2.75, 3.05) is 5.32 Å². The Hall–Kier alpha value is -2.99. The van der Waals surface area contributed by atoms with Gasteiger partial charge in [0.25, 0.3) is 0 Å². The molecule has 1 N–H and O–H groups in total. The third kappa shape index (κ3) is 4.60. The summed E-state index contributed by atoms with van der Waals surface area (Å²) in [6.07, 6.45) is -0.280. The molecule has 0 saturated heterocycles. The molecule has 0 aromatic heterocycles. The summed E-state index contributed by atoms with van der Waals surface area (Å²) in [6.45, 7) is 0. The first-order valence-corrected chi connectivity index (χ1v) is 9.91. The number of carbonyl (C=O) groups is 1. The molecule has 0 heterocycles. The van der Waals surface area contributed by atoms with Crippen molar-refractivity contribution in [1.29, 1.82) is 0 Å². The number of para-hydroxylation sites is 1. The summed E-state index contributed by atoms with van der Waals surface area (Å²) in [5, 5.41) is 1.58. The highest BCUT2D eigenvalue weighted by atomic mass is 32.2. The van der Waals surface area contributed by atoms with Gasteiger partial charge in [0.15, 0.2) is 9.84 Å². The molecule has 3 rings (SSSR count). The predicted molar refractivity (Wildman–Crippen MR) is 102 cm³/mol. The number of benzene rings is 3. The van der Waals surface area contributed by atoms with Crippen molar-refractivity contribution >= 4 is 21.4 Å². The summed E-state index contributed by atoms with van der Waals surface area (Å²) in [5.74, 6) is -0.904.